The van der Waals surface area contributed by atoms with Crippen molar-refractivity contribution >= 4 is 11.6 Å². The van der Waals surface area contributed by atoms with Crippen LogP contribution in [-0.4, -0.2) is 17.1 Å². The lowest BCUT2D eigenvalue weighted by atomic mass is 9.87. The van der Waals surface area contributed by atoms with Gasteiger partial charge in [-0.2, -0.15) is 0 Å². The maximum atomic E-state index is 12.0. The molecule has 1 aromatic rings. The number of anilines is 1. The summed E-state index contributed by atoms with van der Waals surface area (Å²) in [6, 6.07) is 2.96. The Balaban J connectivity index is 2.96. The number of rotatable bonds is 2. The quantitative estimate of drug-likeness (QED) is 0.705. The molecule has 0 bridgehead atoms. The number of phenols is 1. The molecule has 1 aromatic carbocycles. The molecule has 4 nitrogen and oxygen atoms in total. The summed E-state index contributed by atoms with van der Waals surface area (Å²) in [5.74, 6) is -0.196. The Labute approximate surface area is 108 Å². The summed E-state index contributed by atoms with van der Waals surface area (Å²) in [6.07, 6.45) is 0. The minimum Gasteiger partial charge on any atom is -0.505 e. The van der Waals surface area contributed by atoms with Crippen LogP contribution >= 0.6 is 0 Å². The van der Waals surface area contributed by atoms with Gasteiger partial charge in [-0.15, -0.1) is 0 Å². The van der Waals surface area contributed by atoms with Gasteiger partial charge in [-0.3, -0.25) is 4.79 Å². The summed E-state index contributed by atoms with van der Waals surface area (Å²) in [5.41, 5.74) is 7.68. The summed E-state index contributed by atoms with van der Waals surface area (Å²) in [7, 11) is 0. The van der Waals surface area contributed by atoms with Crippen molar-refractivity contribution in [3.8, 4) is 5.75 Å². The van der Waals surface area contributed by atoms with E-state index >= 15 is 0 Å². The number of phenolic OH excluding ortho intramolecular Hbond substituents is 1. The summed E-state index contributed by atoms with van der Waals surface area (Å²) in [6.45, 7) is 9.41. The summed E-state index contributed by atoms with van der Waals surface area (Å²) in [4.78, 5) is 12.0. The fraction of sp³-hybridized carbons (Fsp3) is 0.500. The highest BCUT2D eigenvalue weighted by molar-refractivity contribution is 5.96. The zero-order valence-electron chi connectivity index (χ0n) is 11.7. The van der Waals surface area contributed by atoms with E-state index in [9.17, 15) is 9.90 Å². The van der Waals surface area contributed by atoms with Gasteiger partial charge < -0.3 is 16.2 Å². The molecule has 1 unspecified atom stereocenters. The van der Waals surface area contributed by atoms with Crippen LogP contribution in [-0.2, 0) is 4.79 Å². The lowest BCUT2D eigenvalue weighted by Crippen LogP contribution is -2.45. The van der Waals surface area contributed by atoms with E-state index in [2.05, 4.69) is 5.32 Å². The normalized spacial score (nSPS) is 13.2. The number of carbonyl (C=O) groups excluding carboxylic acids is 1. The molecule has 1 amide bonds. The third-order valence-electron chi connectivity index (χ3n) is 2.92. The molecule has 0 fully saturated rings. The van der Waals surface area contributed by atoms with Crippen LogP contribution in [0.25, 0.3) is 0 Å². The van der Waals surface area contributed by atoms with Gasteiger partial charge in [0.2, 0.25) is 5.91 Å². The van der Waals surface area contributed by atoms with Gasteiger partial charge in [0.1, 0.15) is 5.75 Å². The van der Waals surface area contributed by atoms with Gasteiger partial charge >= 0.3 is 0 Å². The molecule has 0 aliphatic heterocycles. The zero-order valence-corrected chi connectivity index (χ0v) is 11.7. The molecular formula is C14H22N2O2. The molecule has 0 saturated carbocycles. The van der Waals surface area contributed by atoms with E-state index < -0.39 is 6.04 Å². The van der Waals surface area contributed by atoms with Crippen LogP contribution in [0.4, 0.5) is 5.69 Å². The Morgan fingerprint density at radius 1 is 1.33 bits per heavy atom. The first kappa shape index (κ1) is 14.5. The highest BCUT2D eigenvalue weighted by atomic mass is 16.3. The Kier molecular flexibility index (Phi) is 4.02. The molecule has 0 radical (unpaired) electrons. The largest absolute Gasteiger partial charge is 0.505 e. The number of aromatic hydroxyl groups is 1. The van der Waals surface area contributed by atoms with Crippen LogP contribution in [0.1, 0.15) is 31.9 Å². The number of amides is 1. The average Bonchev–Trinajstić information content (AvgIpc) is 2.22. The van der Waals surface area contributed by atoms with Crippen molar-refractivity contribution in [3.05, 3.63) is 23.3 Å². The standard InChI is InChI=1S/C14H22N2O2/c1-8-6-9(2)11(17)10(7-8)16-13(18)12(15)14(3,4)5/h6-7,12,17H,15H2,1-5H3,(H,16,18). The third kappa shape index (κ3) is 3.23. The first-order valence-corrected chi connectivity index (χ1v) is 5.99. The monoisotopic (exact) mass is 250 g/mol. The van der Waals surface area contributed by atoms with Crippen molar-refractivity contribution in [1.82, 2.24) is 0 Å². The van der Waals surface area contributed by atoms with E-state index in [4.69, 9.17) is 5.73 Å². The second kappa shape index (κ2) is 4.98. The molecule has 0 saturated heterocycles. The fourth-order valence-electron chi connectivity index (χ4n) is 1.66. The number of nitrogens with two attached hydrogens (primary N) is 1. The van der Waals surface area contributed by atoms with Crippen molar-refractivity contribution in [3.63, 3.8) is 0 Å². The second-order valence-electron chi connectivity index (χ2n) is 5.81. The number of hydrogen-bond donors (Lipinski definition) is 3. The van der Waals surface area contributed by atoms with Crippen molar-refractivity contribution in [2.45, 2.75) is 40.7 Å². The first-order valence-electron chi connectivity index (χ1n) is 5.99. The minimum absolute atomic E-state index is 0.0926. The number of aryl methyl sites for hydroxylation is 2. The lowest BCUT2D eigenvalue weighted by Gasteiger charge is -2.26. The number of nitrogens with one attached hydrogen (secondary N) is 1. The molecule has 4 N–H and O–H groups in total. The van der Waals surface area contributed by atoms with Gasteiger partial charge in [-0.05, 0) is 36.5 Å². The first-order chi connectivity index (χ1) is 8.12. The van der Waals surface area contributed by atoms with E-state index in [0.717, 1.165) is 11.1 Å². The molecule has 1 rings (SSSR count). The van der Waals surface area contributed by atoms with Crippen LogP contribution in [0.3, 0.4) is 0 Å². The van der Waals surface area contributed by atoms with E-state index in [0.29, 0.717) is 5.69 Å². The molecule has 1 atom stereocenters. The molecule has 100 valence electrons. The maximum absolute atomic E-state index is 12.0. The van der Waals surface area contributed by atoms with Crippen LogP contribution in [0.5, 0.6) is 5.75 Å². The van der Waals surface area contributed by atoms with Gasteiger partial charge in [0.05, 0.1) is 11.7 Å². The van der Waals surface area contributed by atoms with E-state index in [1.54, 1.807) is 13.0 Å². The van der Waals surface area contributed by atoms with E-state index in [1.807, 2.05) is 33.8 Å². The molecule has 0 spiro atoms. The van der Waals surface area contributed by atoms with Crippen molar-refractivity contribution in [2.24, 2.45) is 11.1 Å². The molecule has 0 aliphatic rings. The fourth-order valence-corrected chi connectivity index (χ4v) is 1.66. The lowest BCUT2D eigenvalue weighted by molar-refractivity contribution is -0.119. The van der Waals surface area contributed by atoms with E-state index in [1.165, 1.54) is 0 Å². The van der Waals surface area contributed by atoms with Gasteiger partial charge in [0.25, 0.3) is 0 Å². The number of hydrogen-bond acceptors (Lipinski definition) is 3. The summed E-state index contributed by atoms with van der Waals surface area (Å²) < 4.78 is 0. The Morgan fingerprint density at radius 3 is 2.39 bits per heavy atom. The van der Waals surface area contributed by atoms with Crippen LogP contribution in [0.15, 0.2) is 12.1 Å². The Hall–Kier alpha value is -1.55. The molecule has 0 aromatic heterocycles. The predicted molar refractivity (Wildman–Crippen MR) is 73.6 cm³/mol. The number of carbonyl (C=O) groups is 1. The van der Waals surface area contributed by atoms with Crippen LogP contribution < -0.4 is 11.1 Å². The van der Waals surface area contributed by atoms with Crippen molar-refractivity contribution in [1.29, 1.82) is 0 Å². The molecule has 0 heterocycles. The maximum Gasteiger partial charge on any atom is 0.241 e. The van der Waals surface area contributed by atoms with Crippen LogP contribution in [0.2, 0.25) is 0 Å². The molecule has 18 heavy (non-hydrogen) atoms. The predicted octanol–water partition coefficient (Wildman–Crippen LogP) is 2.32. The van der Waals surface area contributed by atoms with Gasteiger partial charge in [0, 0.05) is 0 Å². The SMILES string of the molecule is Cc1cc(C)c(O)c(NC(=O)C(N)C(C)(C)C)c1. The highest BCUT2D eigenvalue weighted by Gasteiger charge is 2.28. The molecule has 0 aliphatic carbocycles. The molecular weight excluding hydrogens is 228 g/mol. The molecule has 4 heteroatoms. The number of benzene rings is 1. The van der Waals surface area contributed by atoms with Crippen LogP contribution in [0, 0.1) is 19.3 Å². The van der Waals surface area contributed by atoms with Gasteiger partial charge in [-0.1, -0.05) is 26.8 Å². The van der Waals surface area contributed by atoms with Crippen molar-refractivity contribution < 1.29 is 9.90 Å². The summed E-state index contributed by atoms with van der Waals surface area (Å²) >= 11 is 0. The zero-order chi connectivity index (χ0) is 14.1. The van der Waals surface area contributed by atoms with Gasteiger partial charge in [-0.25, -0.2) is 0 Å². The smallest absolute Gasteiger partial charge is 0.241 e. The average molecular weight is 250 g/mol. The third-order valence-corrected chi connectivity index (χ3v) is 2.92. The topological polar surface area (TPSA) is 75.3 Å². The minimum atomic E-state index is -0.627. The Morgan fingerprint density at radius 2 is 1.89 bits per heavy atom. The van der Waals surface area contributed by atoms with Crippen molar-refractivity contribution in [2.75, 3.05) is 5.32 Å². The van der Waals surface area contributed by atoms with E-state index in [-0.39, 0.29) is 17.1 Å². The highest BCUT2D eigenvalue weighted by Crippen LogP contribution is 2.29. The second-order valence-corrected chi connectivity index (χ2v) is 5.81. The Bertz CT molecular complexity index is 462. The summed E-state index contributed by atoms with van der Waals surface area (Å²) in [5, 5.41) is 12.6. The van der Waals surface area contributed by atoms with Gasteiger partial charge in [0.15, 0.2) is 0 Å².